The van der Waals surface area contributed by atoms with E-state index in [1.54, 1.807) is 7.11 Å². The molecule has 2 saturated heterocycles. The standard InChI is InChI=1S/C9H16N2O2/c1-13-3-2-8(12)11-6-9(7-11)4-10-5-9/h10H,2-7H2,1H3. The lowest BCUT2D eigenvalue weighted by Crippen LogP contribution is -2.71. The molecule has 4 heteroatoms. The summed E-state index contributed by atoms with van der Waals surface area (Å²) in [6.45, 7) is 4.60. The van der Waals surface area contributed by atoms with Crippen molar-refractivity contribution in [1.29, 1.82) is 0 Å². The van der Waals surface area contributed by atoms with Crippen LogP contribution in [0.4, 0.5) is 0 Å². The third kappa shape index (κ3) is 1.56. The molecule has 4 nitrogen and oxygen atoms in total. The molecule has 2 aliphatic heterocycles. The molecule has 13 heavy (non-hydrogen) atoms. The van der Waals surface area contributed by atoms with Gasteiger partial charge in [0.1, 0.15) is 0 Å². The summed E-state index contributed by atoms with van der Waals surface area (Å²) in [5.41, 5.74) is 0.447. The summed E-state index contributed by atoms with van der Waals surface area (Å²) in [7, 11) is 1.63. The van der Waals surface area contributed by atoms with E-state index in [2.05, 4.69) is 5.32 Å². The van der Waals surface area contributed by atoms with Gasteiger partial charge in [0.2, 0.25) is 5.91 Å². The number of rotatable bonds is 3. The summed E-state index contributed by atoms with van der Waals surface area (Å²) in [6, 6.07) is 0. The largest absolute Gasteiger partial charge is 0.384 e. The van der Waals surface area contributed by atoms with Gasteiger partial charge in [-0.1, -0.05) is 0 Å². The minimum Gasteiger partial charge on any atom is -0.384 e. The zero-order valence-electron chi connectivity index (χ0n) is 8.01. The molecule has 0 atom stereocenters. The number of amides is 1. The summed E-state index contributed by atoms with van der Waals surface area (Å²) in [4.78, 5) is 13.4. The molecule has 2 aliphatic rings. The fourth-order valence-electron chi connectivity index (χ4n) is 1.99. The minimum atomic E-state index is 0.236. The van der Waals surface area contributed by atoms with Crippen molar-refractivity contribution >= 4 is 5.91 Å². The summed E-state index contributed by atoms with van der Waals surface area (Å²) >= 11 is 0. The number of likely N-dealkylation sites (tertiary alicyclic amines) is 1. The molecular formula is C9H16N2O2. The molecule has 1 spiro atoms. The second-order valence-electron chi connectivity index (χ2n) is 4.10. The highest BCUT2D eigenvalue weighted by atomic mass is 16.5. The van der Waals surface area contributed by atoms with Crippen LogP contribution in [0.15, 0.2) is 0 Å². The molecule has 1 N–H and O–H groups in total. The van der Waals surface area contributed by atoms with E-state index in [4.69, 9.17) is 4.74 Å². The average Bonchev–Trinajstić information content (AvgIpc) is 1.95. The second kappa shape index (κ2) is 3.27. The van der Waals surface area contributed by atoms with Crippen LogP contribution in [0.5, 0.6) is 0 Å². The third-order valence-corrected chi connectivity index (χ3v) is 2.93. The fraction of sp³-hybridized carbons (Fsp3) is 0.889. The molecule has 0 radical (unpaired) electrons. The highest BCUT2D eigenvalue weighted by Gasteiger charge is 2.48. The van der Waals surface area contributed by atoms with Crippen molar-refractivity contribution in [2.45, 2.75) is 6.42 Å². The summed E-state index contributed by atoms with van der Waals surface area (Å²) < 4.78 is 4.86. The monoisotopic (exact) mass is 184 g/mol. The predicted molar refractivity (Wildman–Crippen MR) is 48.4 cm³/mol. The molecule has 2 fully saturated rings. The van der Waals surface area contributed by atoms with Crippen molar-refractivity contribution in [3.63, 3.8) is 0 Å². The highest BCUT2D eigenvalue weighted by Crippen LogP contribution is 2.34. The zero-order chi connectivity index (χ0) is 9.31. The number of nitrogens with zero attached hydrogens (tertiary/aromatic N) is 1. The van der Waals surface area contributed by atoms with Crippen LogP contribution in [0.25, 0.3) is 0 Å². The number of nitrogens with one attached hydrogen (secondary N) is 1. The van der Waals surface area contributed by atoms with E-state index in [1.165, 1.54) is 0 Å². The molecular weight excluding hydrogens is 168 g/mol. The van der Waals surface area contributed by atoms with Crippen LogP contribution in [-0.2, 0) is 9.53 Å². The van der Waals surface area contributed by atoms with Gasteiger partial charge < -0.3 is 15.0 Å². The summed E-state index contributed by atoms with van der Waals surface area (Å²) in [5, 5.41) is 3.24. The van der Waals surface area contributed by atoms with E-state index < -0.39 is 0 Å². The Bertz CT molecular complexity index is 206. The van der Waals surface area contributed by atoms with Crippen molar-refractivity contribution in [2.24, 2.45) is 5.41 Å². The number of carbonyl (C=O) groups is 1. The van der Waals surface area contributed by atoms with Gasteiger partial charge in [0.15, 0.2) is 0 Å². The van der Waals surface area contributed by atoms with E-state index in [9.17, 15) is 4.79 Å². The van der Waals surface area contributed by atoms with Crippen LogP contribution in [0.2, 0.25) is 0 Å². The number of hydrogen-bond acceptors (Lipinski definition) is 3. The first-order chi connectivity index (χ1) is 6.26. The SMILES string of the molecule is COCCC(=O)N1CC2(CNC2)C1. The molecule has 2 rings (SSSR count). The molecule has 0 unspecified atom stereocenters. The van der Waals surface area contributed by atoms with E-state index in [0.717, 1.165) is 26.2 Å². The minimum absolute atomic E-state index is 0.236. The van der Waals surface area contributed by atoms with Gasteiger partial charge in [-0.25, -0.2) is 0 Å². The first-order valence-electron chi connectivity index (χ1n) is 4.73. The van der Waals surface area contributed by atoms with Gasteiger partial charge in [-0.15, -0.1) is 0 Å². The predicted octanol–water partition coefficient (Wildman–Crippen LogP) is -0.545. The van der Waals surface area contributed by atoms with Crippen molar-refractivity contribution in [2.75, 3.05) is 39.9 Å². The Morgan fingerprint density at radius 2 is 2.23 bits per heavy atom. The van der Waals surface area contributed by atoms with Gasteiger partial charge in [0, 0.05) is 38.7 Å². The average molecular weight is 184 g/mol. The zero-order valence-corrected chi connectivity index (χ0v) is 8.01. The molecule has 0 aliphatic carbocycles. The van der Waals surface area contributed by atoms with Crippen LogP contribution < -0.4 is 5.32 Å². The molecule has 0 aromatic carbocycles. The van der Waals surface area contributed by atoms with Crippen molar-refractivity contribution in [1.82, 2.24) is 10.2 Å². The summed E-state index contributed by atoms with van der Waals surface area (Å²) in [5.74, 6) is 0.236. The van der Waals surface area contributed by atoms with Gasteiger partial charge in [-0.2, -0.15) is 0 Å². The van der Waals surface area contributed by atoms with Gasteiger partial charge in [0.05, 0.1) is 13.0 Å². The smallest absolute Gasteiger partial charge is 0.224 e. The van der Waals surface area contributed by atoms with Gasteiger partial charge in [-0.05, 0) is 0 Å². The molecule has 2 heterocycles. The van der Waals surface area contributed by atoms with Crippen LogP contribution in [-0.4, -0.2) is 50.7 Å². The Morgan fingerprint density at radius 3 is 2.69 bits per heavy atom. The maximum atomic E-state index is 11.4. The van der Waals surface area contributed by atoms with Crippen molar-refractivity contribution in [3.05, 3.63) is 0 Å². The highest BCUT2D eigenvalue weighted by molar-refractivity contribution is 5.77. The van der Waals surface area contributed by atoms with Gasteiger partial charge in [-0.3, -0.25) is 4.79 Å². The lowest BCUT2D eigenvalue weighted by atomic mass is 9.74. The van der Waals surface area contributed by atoms with Crippen molar-refractivity contribution < 1.29 is 9.53 Å². The molecule has 74 valence electrons. The molecule has 0 aromatic heterocycles. The lowest BCUT2D eigenvalue weighted by Gasteiger charge is -2.56. The third-order valence-electron chi connectivity index (χ3n) is 2.93. The number of ether oxygens (including phenoxy) is 1. The topological polar surface area (TPSA) is 41.6 Å². The molecule has 0 bridgehead atoms. The van der Waals surface area contributed by atoms with E-state index in [1.807, 2.05) is 4.90 Å². The quantitative estimate of drug-likeness (QED) is 0.640. The van der Waals surface area contributed by atoms with Crippen LogP contribution in [0.3, 0.4) is 0 Å². The Balaban J connectivity index is 1.70. The second-order valence-corrected chi connectivity index (χ2v) is 4.10. The summed E-state index contributed by atoms with van der Waals surface area (Å²) in [6.07, 6.45) is 0.528. The number of methoxy groups -OCH3 is 1. The van der Waals surface area contributed by atoms with Crippen LogP contribution in [0, 0.1) is 5.41 Å². The maximum Gasteiger partial charge on any atom is 0.224 e. The van der Waals surface area contributed by atoms with Crippen molar-refractivity contribution in [3.8, 4) is 0 Å². The van der Waals surface area contributed by atoms with E-state index >= 15 is 0 Å². The maximum absolute atomic E-state index is 11.4. The number of hydrogen-bond donors (Lipinski definition) is 1. The first kappa shape index (κ1) is 8.97. The fourth-order valence-corrected chi connectivity index (χ4v) is 1.99. The molecule has 1 amide bonds. The van der Waals surface area contributed by atoms with Crippen LogP contribution in [0.1, 0.15) is 6.42 Å². The Labute approximate surface area is 78.2 Å². The molecule has 0 saturated carbocycles. The van der Waals surface area contributed by atoms with Crippen LogP contribution >= 0.6 is 0 Å². The van der Waals surface area contributed by atoms with Gasteiger partial charge in [0.25, 0.3) is 0 Å². The molecule has 0 aromatic rings. The Hall–Kier alpha value is -0.610. The number of carbonyl (C=O) groups excluding carboxylic acids is 1. The Kier molecular flexibility index (Phi) is 2.26. The Morgan fingerprint density at radius 1 is 1.54 bits per heavy atom. The lowest BCUT2D eigenvalue weighted by molar-refractivity contribution is -0.147. The first-order valence-corrected chi connectivity index (χ1v) is 4.73. The van der Waals surface area contributed by atoms with Gasteiger partial charge >= 0.3 is 0 Å². The van der Waals surface area contributed by atoms with E-state index in [-0.39, 0.29) is 5.91 Å². The van der Waals surface area contributed by atoms with E-state index in [0.29, 0.717) is 18.4 Å². The normalized spacial score (nSPS) is 23.9.